The molecular formula is C13H15BrO3. The van der Waals surface area contributed by atoms with Crippen molar-refractivity contribution in [1.82, 2.24) is 0 Å². The summed E-state index contributed by atoms with van der Waals surface area (Å²) < 4.78 is 12.6. The van der Waals surface area contributed by atoms with E-state index in [2.05, 4.69) is 35.9 Å². The van der Waals surface area contributed by atoms with Crippen molar-refractivity contribution in [2.24, 2.45) is 17.3 Å². The monoisotopic (exact) mass is 298 g/mol. The van der Waals surface area contributed by atoms with Gasteiger partial charge >= 0.3 is 0 Å². The molecule has 2 saturated heterocycles. The first-order chi connectivity index (χ1) is 7.92. The van der Waals surface area contributed by atoms with Crippen LogP contribution in [0.15, 0.2) is 10.6 Å². The van der Waals surface area contributed by atoms with Crippen molar-refractivity contribution >= 4 is 21.7 Å². The predicted octanol–water partition coefficient (Wildman–Crippen LogP) is 2.05. The van der Waals surface area contributed by atoms with Crippen LogP contribution in [-0.4, -0.2) is 30.2 Å². The lowest BCUT2D eigenvalue weighted by Crippen LogP contribution is -2.59. The normalized spacial score (nSPS) is 53.8. The fourth-order valence-corrected chi connectivity index (χ4v) is 5.09. The van der Waals surface area contributed by atoms with Crippen molar-refractivity contribution in [3.63, 3.8) is 0 Å². The Balaban J connectivity index is 1.92. The van der Waals surface area contributed by atoms with Gasteiger partial charge in [0.2, 0.25) is 0 Å². The fraction of sp³-hybridized carbons (Fsp3) is 0.769. The van der Waals surface area contributed by atoms with E-state index in [-0.39, 0.29) is 17.3 Å². The minimum Gasteiger partial charge on any atom is -0.374 e. The Labute approximate surface area is 109 Å². The van der Waals surface area contributed by atoms with Gasteiger partial charge in [0.1, 0.15) is 0 Å². The number of hydrogen-bond donors (Lipinski definition) is 0. The molecule has 0 aromatic heterocycles. The Morgan fingerprint density at radius 3 is 2.71 bits per heavy atom. The maximum Gasteiger partial charge on any atom is 0.180 e. The van der Waals surface area contributed by atoms with Crippen molar-refractivity contribution in [2.75, 3.05) is 13.2 Å². The molecule has 0 radical (unpaired) electrons. The molecule has 4 heteroatoms. The van der Waals surface area contributed by atoms with Gasteiger partial charge in [-0.3, -0.25) is 4.79 Å². The Kier molecular flexibility index (Phi) is 1.70. The van der Waals surface area contributed by atoms with Crippen LogP contribution in [-0.2, 0) is 14.3 Å². The summed E-state index contributed by atoms with van der Waals surface area (Å²) in [6, 6.07) is 0. The van der Waals surface area contributed by atoms with Crippen LogP contribution in [0.4, 0.5) is 0 Å². The first kappa shape index (κ1) is 10.7. The molecular weight excluding hydrogens is 284 g/mol. The molecule has 0 aromatic carbocycles. The highest BCUT2D eigenvalue weighted by atomic mass is 79.9. The highest BCUT2D eigenvalue weighted by molar-refractivity contribution is 9.11. The van der Waals surface area contributed by atoms with Gasteiger partial charge in [0.05, 0.1) is 24.2 Å². The third-order valence-electron chi connectivity index (χ3n) is 5.17. The first-order valence-corrected chi connectivity index (χ1v) is 6.93. The molecule has 4 atom stereocenters. The molecule has 1 saturated carbocycles. The lowest BCUT2D eigenvalue weighted by molar-refractivity contribution is -0.141. The lowest BCUT2D eigenvalue weighted by Gasteiger charge is -2.49. The standard InChI is InChI=1S/C13H15BrO3/c1-11(2)9-3-7-8(14)4-12(9,5-16-11)10(15)13(7)6-17-13/h4,7,9H,3,5-6H2,1-2H3/t7?,9?,12-,13-/m1/s1. The van der Waals surface area contributed by atoms with E-state index in [4.69, 9.17) is 9.47 Å². The molecule has 2 aliphatic heterocycles. The van der Waals surface area contributed by atoms with E-state index in [1.807, 2.05) is 0 Å². The summed E-state index contributed by atoms with van der Waals surface area (Å²) in [6.07, 6.45) is 3.10. The second kappa shape index (κ2) is 2.70. The fourth-order valence-electron chi connectivity index (χ4n) is 4.12. The van der Waals surface area contributed by atoms with E-state index in [0.717, 1.165) is 10.9 Å². The van der Waals surface area contributed by atoms with Crippen molar-refractivity contribution in [3.05, 3.63) is 10.6 Å². The lowest BCUT2D eigenvalue weighted by atomic mass is 9.52. The third kappa shape index (κ3) is 1.00. The number of ether oxygens (including phenoxy) is 2. The summed E-state index contributed by atoms with van der Waals surface area (Å²) in [4.78, 5) is 12.7. The van der Waals surface area contributed by atoms with Gasteiger partial charge in [-0.15, -0.1) is 0 Å². The van der Waals surface area contributed by atoms with E-state index in [9.17, 15) is 4.79 Å². The maximum absolute atomic E-state index is 12.7. The highest BCUT2D eigenvalue weighted by Crippen LogP contribution is 2.66. The van der Waals surface area contributed by atoms with E-state index < -0.39 is 11.0 Å². The van der Waals surface area contributed by atoms with Gasteiger partial charge in [-0.25, -0.2) is 0 Å². The zero-order valence-corrected chi connectivity index (χ0v) is 11.5. The van der Waals surface area contributed by atoms with E-state index in [0.29, 0.717) is 19.1 Å². The molecule has 5 rings (SSSR count). The average Bonchev–Trinajstić information content (AvgIpc) is 2.99. The van der Waals surface area contributed by atoms with Crippen LogP contribution in [0.1, 0.15) is 20.3 Å². The summed E-state index contributed by atoms with van der Waals surface area (Å²) in [5.74, 6) is 0.770. The molecule has 92 valence electrons. The summed E-state index contributed by atoms with van der Waals surface area (Å²) in [5.41, 5.74) is -1.14. The van der Waals surface area contributed by atoms with Crippen LogP contribution in [0.2, 0.25) is 0 Å². The van der Waals surface area contributed by atoms with Crippen molar-refractivity contribution in [1.29, 1.82) is 0 Å². The number of Topliss-reactive ketones (excluding diaryl/α,β-unsaturated/α-hetero) is 1. The van der Waals surface area contributed by atoms with Crippen LogP contribution in [0.5, 0.6) is 0 Å². The Hall–Kier alpha value is -0.190. The molecule has 2 heterocycles. The summed E-state index contributed by atoms with van der Waals surface area (Å²) in [6.45, 7) is 5.30. The molecule has 2 spiro atoms. The van der Waals surface area contributed by atoms with Crippen LogP contribution >= 0.6 is 15.9 Å². The molecule has 3 fully saturated rings. The SMILES string of the molecule is CC1(C)OC[C@]23C=C(Br)C(CC12)[C@]1(CO1)C3=O. The molecule has 0 N–H and O–H groups in total. The second-order valence-corrected chi connectivity index (χ2v) is 7.23. The van der Waals surface area contributed by atoms with Crippen LogP contribution in [0.25, 0.3) is 0 Å². The zero-order valence-electron chi connectivity index (χ0n) is 9.96. The van der Waals surface area contributed by atoms with E-state index in [1.54, 1.807) is 0 Å². The van der Waals surface area contributed by atoms with Gasteiger partial charge in [0.25, 0.3) is 0 Å². The molecule has 17 heavy (non-hydrogen) atoms. The minimum absolute atomic E-state index is 0.200. The summed E-state index contributed by atoms with van der Waals surface area (Å²) in [5, 5.41) is 0. The molecule has 0 amide bonds. The maximum atomic E-state index is 12.7. The van der Waals surface area contributed by atoms with Crippen molar-refractivity contribution in [2.45, 2.75) is 31.5 Å². The Bertz CT molecular complexity index is 463. The van der Waals surface area contributed by atoms with Crippen molar-refractivity contribution in [3.8, 4) is 0 Å². The number of epoxide rings is 1. The van der Waals surface area contributed by atoms with Crippen LogP contribution < -0.4 is 0 Å². The zero-order chi connectivity index (χ0) is 12.1. The topological polar surface area (TPSA) is 38.8 Å². The van der Waals surface area contributed by atoms with Crippen molar-refractivity contribution < 1.29 is 14.3 Å². The van der Waals surface area contributed by atoms with Gasteiger partial charge in [-0.1, -0.05) is 22.0 Å². The summed E-state index contributed by atoms with van der Waals surface area (Å²) in [7, 11) is 0. The smallest absolute Gasteiger partial charge is 0.180 e. The molecule has 2 bridgehead atoms. The molecule has 2 unspecified atom stereocenters. The number of rotatable bonds is 0. The third-order valence-corrected chi connectivity index (χ3v) is 5.95. The van der Waals surface area contributed by atoms with Crippen LogP contribution in [0.3, 0.4) is 0 Å². The predicted molar refractivity (Wildman–Crippen MR) is 64.8 cm³/mol. The number of hydrogen-bond acceptors (Lipinski definition) is 3. The van der Waals surface area contributed by atoms with E-state index >= 15 is 0 Å². The van der Waals surface area contributed by atoms with Gasteiger partial charge in [-0.05, 0) is 24.8 Å². The first-order valence-electron chi connectivity index (χ1n) is 6.13. The quantitative estimate of drug-likeness (QED) is 0.643. The minimum atomic E-state index is -0.506. The number of halogens is 1. The Morgan fingerprint density at radius 1 is 1.35 bits per heavy atom. The number of carbonyl (C=O) groups is 1. The number of carbonyl (C=O) groups excluding carboxylic acids is 1. The number of ketones is 1. The molecule has 3 aliphatic carbocycles. The van der Waals surface area contributed by atoms with Gasteiger partial charge < -0.3 is 9.47 Å². The molecule has 3 nitrogen and oxygen atoms in total. The van der Waals surface area contributed by atoms with Gasteiger partial charge in [0, 0.05) is 11.8 Å². The molecule has 5 aliphatic rings. The van der Waals surface area contributed by atoms with E-state index in [1.165, 1.54) is 0 Å². The highest BCUT2D eigenvalue weighted by Gasteiger charge is 2.75. The molecule has 0 aromatic rings. The summed E-state index contributed by atoms with van der Waals surface area (Å²) >= 11 is 3.63. The average molecular weight is 299 g/mol. The van der Waals surface area contributed by atoms with Gasteiger partial charge in [-0.2, -0.15) is 0 Å². The largest absolute Gasteiger partial charge is 0.374 e. The van der Waals surface area contributed by atoms with Gasteiger partial charge in [0.15, 0.2) is 11.4 Å². The van der Waals surface area contributed by atoms with Crippen LogP contribution in [0, 0.1) is 17.3 Å². The second-order valence-electron chi connectivity index (χ2n) is 6.31. The Morgan fingerprint density at radius 2 is 2.06 bits per heavy atom.